The van der Waals surface area contributed by atoms with E-state index in [2.05, 4.69) is 27.2 Å². The summed E-state index contributed by atoms with van der Waals surface area (Å²) in [5, 5.41) is 7.82. The third-order valence-electron chi connectivity index (χ3n) is 7.73. The molecule has 0 radical (unpaired) electrons. The number of likely N-dealkylation sites (tertiary alicyclic amines) is 1. The molecule has 1 aliphatic carbocycles. The zero-order valence-electron chi connectivity index (χ0n) is 21.6. The van der Waals surface area contributed by atoms with Crippen molar-refractivity contribution >= 4 is 5.91 Å². The predicted octanol–water partition coefficient (Wildman–Crippen LogP) is 4.83. The first-order chi connectivity index (χ1) is 17.3. The minimum absolute atomic E-state index is 0.0996. The van der Waals surface area contributed by atoms with Gasteiger partial charge in [0.2, 0.25) is 11.8 Å². The molecular formula is C27H39F2N5O2. The normalized spacial score (nSPS) is 21.2. The second-order valence-corrected chi connectivity index (χ2v) is 10.4. The molecule has 7 nitrogen and oxygen atoms in total. The zero-order chi connectivity index (χ0) is 25.7. The molecule has 0 bridgehead atoms. The van der Waals surface area contributed by atoms with Crippen LogP contribution in [0, 0.1) is 12.8 Å². The maximum Gasteiger partial charge on any atom is 0.248 e. The standard InChI is InChI=1S/C27H39F2N5O2/c1-19(33-15-11-23(12-16-33)34-25(18-36-3)30-20(2)32-34)17-24(21-7-5-4-6-8-21)31-26(35)22-9-13-27(28,29)14-10-22/h4-8,19,22-24H,9-18H2,1-3H3,(H,31,35)/t19?,24-/m0/s1. The van der Waals surface area contributed by atoms with Gasteiger partial charge in [-0.15, -0.1) is 0 Å². The molecular weight excluding hydrogens is 464 g/mol. The summed E-state index contributed by atoms with van der Waals surface area (Å²) < 4.78 is 34.5. The smallest absolute Gasteiger partial charge is 0.248 e. The van der Waals surface area contributed by atoms with E-state index >= 15 is 0 Å². The SMILES string of the molecule is COCc1nc(C)nn1C1CCN(C(C)C[C@H](NC(=O)C2CCC(F)(F)CC2)c2ccccc2)CC1. The van der Waals surface area contributed by atoms with Crippen LogP contribution in [-0.4, -0.2) is 57.7 Å². The highest BCUT2D eigenvalue weighted by molar-refractivity contribution is 5.79. The van der Waals surface area contributed by atoms with E-state index in [1.165, 1.54) is 0 Å². The molecule has 2 fully saturated rings. The number of benzene rings is 1. The Hall–Kier alpha value is -2.39. The van der Waals surface area contributed by atoms with Crippen LogP contribution in [0.5, 0.6) is 0 Å². The summed E-state index contributed by atoms with van der Waals surface area (Å²) in [7, 11) is 1.67. The van der Waals surface area contributed by atoms with E-state index in [9.17, 15) is 13.6 Å². The van der Waals surface area contributed by atoms with Crippen molar-refractivity contribution in [2.24, 2.45) is 5.92 Å². The molecule has 2 heterocycles. The summed E-state index contributed by atoms with van der Waals surface area (Å²) in [4.78, 5) is 20.0. The van der Waals surface area contributed by atoms with E-state index in [1.54, 1.807) is 7.11 Å². The number of alkyl halides is 2. The quantitative estimate of drug-likeness (QED) is 0.531. The van der Waals surface area contributed by atoms with Crippen molar-refractivity contribution in [1.29, 1.82) is 0 Å². The minimum Gasteiger partial charge on any atom is -0.377 e. The average molecular weight is 504 g/mol. The highest BCUT2D eigenvalue weighted by Gasteiger charge is 2.38. The van der Waals surface area contributed by atoms with Crippen LogP contribution in [-0.2, 0) is 16.1 Å². The minimum atomic E-state index is -2.63. The van der Waals surface area contributed by atoms with Crippen LogP contribution >= 0.6 is 0 Å². The first-order valence-corrected chi connectivity index (χ1v) is 13.1. The highest BCUT2D eigenvalue weighted by atomic mass is 19.3. The monoisotopic (exact) mass is 503 g/mol. The first kappa shape index (κ1) is 26.7. The lowest BCUT2D eigenvalue weighted by molar-refractivity contribution is -0.130. The van der Waals surface area contributed by atoms with Crippen LogP contribution in [0.15, 0.2) is 30.3 Å². The van der Waals surface area contributed by atoms with E-state index in [-0.39, 0.29) is 49.6 Å². The van der Waals surface area contributed by atoms with E-state index < -0.39 is 5.92 Å². The summed E-state index contributed by atoms with van der Waals surface area (Å²) in [6.07, 6.45) is 2.80. The van der Waals surface area contributed by atoms with Gasteiger partial charge in [-0.05, 0) is 51.5 Å². The number of halogens is 2. The van der Waals surface area contributed by atoms with Crippen LogP contribution in [0.25, 0.3) is 0 Å². The van der Waals surface area contributed by atoms with Crippen molar-refractivity contribution in [3.8, 4) is 0 Å². The third kappa shape index (κ3) is 6.68. The Bertz CT molecular complexity index is 981. The van der Waals surface area contributed by atoms with Gasteiger partial charge in [-0.1, -0.05) is 30.3 Å². The fourth-order valence-corrected chi connectivity index (χ4v) is 5.61. The van der Waals surface area contributed by atoms with Crippen molar-refractivity contribution in [1.82, 2.24) is 25.0 Å². The third-order valence-corrected chi connectivity index (χ3v) is 7.73. The number of hydrogen-bond acceptors (Lipinski definition) is 5. The molecule has 198 valence electrons. The lowest BCUT2D eigenvalue weighted by atomic mass is 9.85. The number of hydrogen-bond donors (Lipinski definition) is 1. The number of ether oxygens (including phenoxy) is 1. The number of nitrogens with zero attached hydrogens (tertiary/aromatic N) is 4. The van der Waals surface area contributed by atoms with Crippen LogP contribution in [0.2, 0.25) is 0 Å². The highest BCUT2D eigenvalue weighted by Crippen LogP contribution is 2.37. The fraction of sp³-hybridized carbons (Fsp3) is 0.667. The van der Waals surface area contributed by atoms with Crippen LogP contribution in [0.1, 0.15) is 81.2 Å². The summed E-state index contributed by atoms with van der Waals surface area (Å²) in [6, 6.07) is 10.4. The zero-order valence-corrected chi connectivity index (χ0v) is 21.6. The molecule has 2 atom stereocenters. The molecule has 1 aromatic heterocycles. The molecule has 1 aromatic carbocycles. The number of carbonyl (C=O) groups excluding carboxylic acids is 1. The average Bonchev–Trinajstić information content (AvgIpc) is 3.24. The van der Waals surface area contributed by atoms with Crippen molar-refractivity contribution < 1.29 is 18.3 Å². The van der Waals surface area contributed by atoms with Crippen molar-refractivity contribution in [3.63, 3.8) is 0 Å². The van der Waals surface area contributed by atoms with Gasteiger partial charge in [-0.3, -0.25) is 4.79 Å². The summed E-state index contributed by atoms with van der Waals surface area (Å²) in [5.41, 5.74) is 1.05. The molecule has 0 spiro atoms. The Morgan fingerprint density at radius 3 is 2.47 bits per heavy atom. The molecule has 2 aromatic rings. The molecule has 2 aliphatic rings. The Morgan fingerprint density at radius 2 is 1.83 bits per heavy atom. The number of amides is 1. The fourth-order valence-electron chi connectivity index (χ4n) is 5.61. The maximum absolute atomic E-state index is 13.6. The first-order valence-electron chi connectivity index (χ1n) is 13.1. The van der Waals surface area contributed by atoms with Crippen molar-refractivity contribution in [2.45, 2.75) is 89.4 Å². The summed E-state index contributed by atoms with van der Waals surface area (Å²) in [5.74, 6) is -1.44. The second-order valence-electron chi connectivity index (χ2n) is 10.4. The molecule has 1 saturated carbocycles. The van der Waals surface area contributed by atoms with Crippen LogP contribution in [0.3, 0.4) is 0 Å². The van der Waals surface area contributed by atoms with Gasteiger partial charge < -0.3 is 15.0 Å². The van der Waals surface area contributed by atoms with E-state index in [0.29, 0.717) is 12.6 Å². The van der Waals surface area contributed by atoms with Gasteiger partial charge in [0.1, 0.15) is 12.4 Å². The molecule has 1 amide bonds. The Labute approximate surface area is 212 Å². The van der Waals surface area contributed by atoms with Gasteiger partial charge >= 0.3 is 0 Å². The number of nitrogens with one attached hydrogen (secondary N) is 1. The summed E-state index contributed by atoms with van der Waals surface area (Å²) in [6.45, 7) is 6.44. The van der Waals surface area contributed by atoms with Gasteiger partial charge in [0.15, 0.2) is 5.82 Å². The molecule has 1 aliphatic heterocycles. The second kappa shape index (κ2) is 11.8. The van der Waals surface area contributed by atoms with Crippen molar-refractivity contribution in [3.05, 3.63) is 47.5 Å². The number of rotatable bonds is 9. The van der Waals surface area contributed by atoms with E-state index in [0.717, 1.165) is 49.6 Å². The van der Waals surface area contributed by atoms with Gasteiger partial charge in [-0.2, -0.15) is 5.10 Å². The molecule has 36 heavy (non-hydrogen) atoms. The molecule has 1 unspecified atom stereocenters. The molecule has 1 saturated heterocycles. The largest absolute Gasteiger partial charge is 0.377 e. The molecule has 1 N–H and O–H groups in total. The predicted molar refractivity (Wildman–Crippen MR) is 134 cm³/mol. The topological polar surface area (TPSA) is 72.3 Å². The van der Waals surface area contributed by atoms with Crippen LogP contribution in [0.4, 0.5) is 8.78 Å². The van der Waals surface area contributed by atoms with Gasteiger partial charge in [-0.25, -0.2) is 18.4 Å². The Morgan fingerprint density at radius 1 is 1.17 bits per heavy atom. The van der Waals surface area contributed by atoms with Crippen molar-refractivity contribution in [2.75, 3.05) is 20.2 Å². The lowest BCUT2D eigenvalue weighted by Crippen LogP contribution is -2.44. The molecule has 4 rings (SSSR count). The number of piperidine rings is 1. The van der Waals surface area contributed by atoms with Crippen LogP contribution < -0.4 is 5.32 Å². The number of aryl methyl sites for hydroxylation is 1. The maximum atomic E-state index is 13.6. The summed E-state index contributed by atoms with van der Waals surface area (Å²) >= 11 is 0. The Balaban J connectivity index is 1.37. The van der Waals surface area contributed by atoms with E-state index in [1.807, 2.05) is 41.9 Å². The Kier molecular flexibility index (Phi) is 8.72. The lowest BCUT2D eigenvalue weighted by Gasteiger charge is -2.38. The number of aromatic nitrogens is 3. The van der Waals surface area contributed by atoms with Gasteiger partial charge in [0.05, 0.1) is 12.1 Å². The number of methoxy groups -OCH3 is 1. The van der Waals surface area contributed by atoms with Gasteiger partial charge in [0.25, 0.3) is 0 Å². The van der Waals surface area contributed by atoms with E-state index in [4.69, 9.17) is 4.74 Å². The number of carbonyl (C=O) groups is 1. The molecule has 9 heteroatoms. The van der Waals surface area contributed by atoms with Gasteiger partial charge in [0, 0.05) is 45.0 Å².